The van der Waals surface area contributed by atoms with Crippen molar-refractivity contribution >= 4 is 17.7 Å². The van der Waals surface area contributed by atoms with E-state index in [-0.39, 0.29) is 11.2 Å². The summed E-state index contributed by atoms with van der Waals surface area (Å²) in [5.41, 5.74) is 1.26. The van der Waals surface area contributed by atoms with Crippen LogP contribution in [0.5, 0.6) is 0 Å². The van der Waals surface area contributed by atoms with E-state index in [9.17, 15) is 4.79 Å². The van der Waals surface area contributed by atoms with Crippen molar-refractivity contribution < 1.29 is 9.53 Å². The Bertz CT molecular complexity index is 403. The van der Waals surface area contributed by atoms with E-state index in [1.807, 2.05) is 13.8 Å². The van der Waals surface area contributed by atoms with Crippen molar-refractivity contribution in [3.05, 3.63) is 29.8 Å². The third kappa shape index (κ3) is 6.44. The number of hydrogen-bond acceptors (Lipinski definition) is 4. The van der Waals surface area contributed by atoms with Gasteiger partial charge in [0.2, 0.25) is 0 Å². The fourth-order valence-corrected chi connectivity index (χ4v) is 2.57. The van der Waals surface area contributed by atoms with Crippen LogP contribution in [0.15, 0.2) is 29.2 Å². The fourth-order valence-electron chi connectivity index (χ4n) is 1.70. The van der Waals surface area contributed by atoms with Gasteiger partial charge in [-0.15, -0.1) is 11.8 Å². The summed E-state index contributed by atoms with van der Waals surface area (Å²) in [6.45, 7) is 10.4. The Labute approximate surface area is 126 Å². The minimum absolute atomic E-state index is 0.153. The van der Waals surface area contributed by atoms with Crippen molar-refractivity contribution in [3.8, 4) is 0 Å². The molecule has 0 aliphatic rings. The average Bonchev–Trinajstić information content (AvgIpc) is 2.40. The molecule has 0 aliphatic carbocycles. The number of carbonyl (C=O) groups is 1. The molecule has 0 heterocycles. The van der Waals surface area contributed by atoms with E-state index in [4.69, 9.17) is 4.74 Å². The van der Waals surface area contributed by atoms with Crippen LogP contribution in [0.1, 0.15) is 33.3 Å². The van der Waals surface area contributed by atoms with Gasteiger partial charge in [-0.1, -0.05) is 26.0 Å². The van der Waals surface area contributed by atoms with Crippen molar-refractivity contribution in [1.82, 2.24) is 5.32 Å². The molecule has 0 saturated carbocycles. The fraction of sp³-hybridized carbons (Fsp3) is 0.562. The highest BCUT2D eigenvalue weighted by Gasteiger charge is 2.14. The monoisotopic (exact) mass is 295 g/mol. The van der Waals surface area contributed by atoms with Crippen LogP contribution >= 0.6 is 11.8 Å². The summed E-state index contributed by atoms with van der Waals surface area (Å²) >= 11 is 1.53. The Morgan fingerprint density at radius 2 is 1.90 bits per heavy atom. The second-order valence-electron chi connectivity index (χ2n) is 5.18. The summed E-state index contributed by atoms with van der Waals surface area (Å²) in [6.07, 6.45) is 0. The normalized spacial score (nSPS) is 12.4. The van der Waals surface area contributed by atoms with Crippen LogP contribution in [0, 0.1) is 5.92 Å². The van der Waals surface area contributed by atoms with Crippen LogP contribution in [-0.2, 0) is 16.1 Å². The molecule has 1 aromatic carbocycles. The second kappa shape index (κ2) is 9.03. The molecule has 1 unspecified atom stereocenters. The predicted molar refractivity (Wildman–Crippen MR) is 84.9 cm³/mol. The first-order valence-electron chi connectivity index (χ1n) is 7.15. The van der Waals surface area contributed by atoms with E-state index < -0.39 is 0 Å². The van der Waals surface area contributed by atoms with Crippen LogP contribution in [0.3, 0.4) is 0 Å². The lowest BCUT2D eigenvalue weighted by molar-refractivity contribution is -0.142. The third-order valence-electron chi connectivity index (χ3n) is 2.74. The third-order valence-corrected chi connectivity index (χ3v) is 3.83. The maximum Gasteiger partial charge on any atom is 0.319 e. The number of carbonyl (C=O) groups excluding carboxylic acids is 1. The molecule has 1 atom stereocenters. The molecule has 0 aliphatic heterocycles. The van der Waals surface area contributed by atoms with Crippen molar-refractivity contribution in [2.45, 2.75) is 44.4 Å². The van der Waals surface area contributed by atoms with Crippen LogP contribution in [-0.4, -0.2) is 24.4 Å². The average molecular weight is 295 g/mol. The number of hydrogen-bond donors (Lipinski definition) is 1. The Morgan fingerprint density at radius 1 is 1.25 bits per heavy atom. The molecule has 20 heavy (non-hydrogen) atoms. The Balaban J connectivity index is 2.44. The molecular weight excluding hydrogens is 270 g/mol. The molecule has 0 radical (unpaired) electrons. The van der Waals surface area contributed by atoms with Crippen LogP contribution in [0.4, 0.5) is 0 Å². The zero-order chi connectivity index (χ0) is 15.0. The number of esters is 1. The van der Waals surface area contributed by atoms with E-state index in [1.54, 1.807) is 0 Å². The van der Waals surface area contributed by atoms with Gasteiger partial charge in [0.25, 0.3) is 0 Å². The number of thioether (sulfide) groups is 1. The maximum atomic E-state index is 11.6. The topological polar surface area (TPSA) is 38.3 Å². The van der Waals surface area contributed by atoms with Crippen molar-refractivity contribution in [2.24, 2.45) is 5.92 Å². The zero-order valence-corrected chi connectivity index (χ0v) is 13.6. The van der Waals surface area contributed by atoms with Gasteiger partial charge < -0.3 is 10.1 Å². The van der Waals surface area contributed by atoms with Gasteiger partial charge >= 0.3 is 5.97 Å². The molecule has 4 heteroatoms. The molecule has 0 amide bonds. The first-order valence-corrected chi connectivity index (χ1v) is 8.03. The molecule has 112 valence electrons. The molecule has 1 aromatic rings. The van der Waals surface area contributed by atoms with Gasteiger partial charge in [-0.25, -0.2) is 0 Å². The molecule has 3 nitrogen and oxygen atoms in total. The SMILES string of the molecule is CCOC(=O)C(C)Sc1ccc(CNCC(C)C)cc1. The number of benzene rings is 1. The summed E-state index contributed by atoms with van der Waals surface area (Å²) in [7, 11) is 0. The molecule has 0 aromatic heterocycles. The molecule has 0 fully saturated rings. The summed E-state index contributed by atoms with van der Waals surface area (Å²) < 4.78 is 5.01. The molecule has 0 saturated heterocycles. The summed E-state index contributed by atoms with van der Waals surface area (Å²) in [6, 6.07) is 8.33. The predicted octanol–water partition coefficient (Wildman–Crippen LogP) is 3.48. The first kappa shape index (κ1) is 17.1. The van der Waals surface area contributed by atoms with Gasteiger partial charge in [0.05, 0.1) is 6.61 Å². The minimum atomic E-state index is -0.167. The van der Waals surface area contributed by atoms with Gasteiger partial charge in [0.1, 0.15) is 5.25 Å². The quantitative estimate of drug-likeness (QED) is 0.588. The van der Waals surface area contributed by atoms with Crippen LogP contribution in [0.2, 0.25) is 0 Å². The van der Waals surface area contributed by atoms with Gasteiger partial charge in [0.15, 0.2) is 0 Å². The van der Waals surface area contributed by atoms with E-state index in [0.29, 0.717) is 12.5 Å². The lowest BCUT2D eigenvalue weighted by Crippen LogP contribution is -2.18. The Kier molecular flexibility index (Phi) is 7.70. The molecule has 1 N–H and O–H groups in total. The number of rotatable bonds is 8. The summed E-state index contributed by atoms with van der Waals surface area (Å²) in [4.78, 5) is 12.7. The highest BCUT2D eigenvalue weighted by Crippen LogP contribution is 2.24. The van der Waals surface area contributed by atoms with E-state index in [1.165, 1.54) is 17.3 Å². The van der Waals surface area contributed by atoms with Crippen molar-refractivity contribution in [3.63, 3.8) is 0 Å². The second-order valence-corrected chi connectivity index (χ2v) is 6.60. The maximum absolute atomic E-state index is 11.6. The first-order chi connectivity index (χ1) is 9.52. The molecule has 0 spiro atoms. The Morgan fingerprint density at radius 3 is 2.45 bits per heavy atom. The lowest BCUT2D eigenvalue weighted by atomic mass is 10.2. The van der Waals surface area contributed by atoms with E-state index in [2.05, 4.69) is 43.4 Å². The zero-order valence-electron chi connectivity index (χ0n) is 12.8. The van der Waals surface area contributed by atoms with Gasteiger partial charge in [-0.3, -0.25) is 4.79 Å². The van der Waals surface area contributed by atoms with Gasteiger partial charge in [-0.05, 0) is 44.0 Å². The van der Waals surface area contributed by atoms with Crippen LogP contribution in [0.25, 0.3) is 0 Å². The number of nitrogens with one attached hydrogen (secondary N) is 1. The smallest absolute Gasteiger partial charge is 0.319 e. The standard InChI is InChI=1S/C16H25NO2S/c1-5-19-16(18)13(4)20-15-8-6-14(7-9-15)11-17-10-12(2)3/h6-9,12-13,17H,5,10-11H2,1-4H3. The number of ether oxygens (including phenoxy) is 1. The van der Waals surface area contributed by atoms with Crippen LogP contribution < -0.4 is 5.32 Å². The van der Waals surface area contributed by atoms with E-state index >= 15 is 0 Å². The molecular formula is C16H25NO2S. The van der Waals surface area contributed by atoms with Crippen molar-refractivity contribution in [2.75, 3.05) is 13.2 Å². The molecule has 1 rings (SSSR count). The van der Waals surface area contributed by atoms with Crippen molar-refractivity contribution in [1.29, 1.82) is 0 Å². The largest absolute Gasteiger partial charge is 0.465 e. The Hall–Kier alpha value is -1.00. The summed E-state index contributed by atoms with van der Waals surface area (Å²) in [5.74, 6) is 0.510. The van der Waals surface area contributed by atoms with Gasteiger partial charge in [-0.2, -0.15) is 0 Å². The minimum Gasteiger partial charge on any atom is -0.465 e. The summed E-state index contributed by atoms with van der Waals surface area (Å²) in [5, 5.41) is 3.25. The molecule has 0 bridgehead atoms. The highest BCUT2D eigenvalue weighted by atomic mass is 32.2. The highest BCUT2D eigenvalue weighted by molar-refractivity contribution is 8.00. The lowest BCUT2D eigenvalue weighted by Gasteiger charge is -2.11. The van der Waals surface area contributed by atoms with Gasteiger partial charge in [0, 0.05) is 11.4 Å². The van der Waals surface area contributed by atoms with E-state index in [0.717, 1.165) is 18.0 Å².